The zero-order chi connectivity index (χ0) is 19.2. The number of rotatable bonds is 7. The molecule has 7 heteroatoms. The molecule has 1 aromatic heterocycles. The van der Waals surface area contributed by atoms with Crippen molar-refractivity contribution in [2.75, 3.05) is 39.3 Å². The van der Waals surface area contributed by atoms with E-state index in [1.807, 2.05) is 30.3 Å². The molecule has 2 heterocycles. The van der Waals surface area contributed by atoms with Crippen LogP contribution >= 0.6 is 12.4 Å². The molecule has 1 fully saturated rings. The summed E-state index contributed by atoms with van der Waals surface area (Å²) in [7, 11) is 0. The number of piperazine rings is 1. The van der Waals surface area contributed by atoms with Crippen LogP contribution in [0.1, 0.15) is 16.3 Å². The van der Waals surface area contributed by atoms with Crippen LogP contribution in [0.5, 0.6) is 5.75 Å². The predicted molar refractivity (Wildman–Crippen MR) is 116 cm³/mol. The van der Waals surface area contributed by atoms with Gasteiger partial charge in [0.25, 0.3) is 5.91 Å². The number of amides is 1. The highest BCUT2D eigenvalue weighted by Crippen LogP contribution is 2.21. The van der Waals surface area contributed by atoms with Gasteiger partial charge >= 0.3 is 0 Å². The van der Waals surface area contributed by atoms with Gasteiger partial charge in [0, 0.05) is 39.3 Å². The molecule has 0 radical (unpaired) electrons. The van der Waals surface area contributed by atoms with Gasteiger partial charge in [-0.1, -0.05) is 30.3 Å². The second-order valence-corrected chi connectivity index (χ2v) is 6.91. The summed E-state index contributed by atoms with van der Waals surface area (Å²) in [5.41, 5.74) is 0. The monoisotopic (exact) mass is 415 g/mol. The Balaban J connectivity index is 0.00000240. The molecular weight excluding hydrogens is 390 g/mol. The van der Waals surface area contributed by atoms with Crippen molar-refractivity contribution in [1.82, 2.24) is 15.5 Å². The highest BCUT2D eigenvalue weighted by Gasteiger charge is 2.13. The molecule has 3 aromatic rings. The van der Waals surface area contributed by atoms with Crippen LogP contribution in [0.4, 0.5) is 0 Å². The molecule has 1 aliphatic heterocycles. The third-order valence-corrected chi connectivity index (χ3v) is 4.91. The minimum absolute atomic E-state index is 0. The van der Waals surface area contributed by atoms with Crippen LogP contribution < -0.4 is 15.4 Å². The summed E-state index contributed by atoms with van der Waals surface area (Å²) in [6, 6.07) is 17.6. The Morgan fingerprint density at radius 1 is 1.07 bits per heavy atom. The zero-order valence-corrected chi connectivity index (χ0v) is 17.0. The molecule has 0 saturated carbocycles. The Morgan fingerprint density at radius 3 is 2.69 bits per heavy atom. The molecule has 1 amide bonds. The Morgan fingerprint density at radius 2 is 1.86 bits per heavy atom. The maximum Gasteiger partial charge on any atom is 0.287 e. The third kappa shape index (κ3) is 5.73. The first kappa shape index (κ1) is 21.2. The van der Waals surface area contributed by atoms with Crippen molar-refractivity contribution >= 4 is 29.1 Å². The van der Waals surface area contributed by atoms with Crippen LogP contribution in [-0.4, -0.2) is 50.1 Å². The number of halogens is 1. The summed E-state index contributed by atoms with van der Waals surface area (Å²) in [6.07, 6.45) is 0. The number of fused-ring (bicyclic) bond motifs is 1. The summed E-state index contributed by atoms with van der Waals surface area (Å²) in [5.74, 6) is 1.53. The molecule has 0 atom stereocenters. The predicted octanol–water partition coefficient (Wildman–Crippen LogP) is 3.07. The summed E-state index contributed by atoms with van der Waals surface area (Å²) in [6.45, 7) is 5.81. The zero-order valence-electron chi connectivity index (χ0n) is 16.2. The van der Waals surface area contributed by atoms with E-state index in [1.54, 1.807) is 12.1 Å². The van der Waals surface area contributed by atoms with Gasteiger partial charge in [0.15, 0.2) is 5.76 Å². The molecule has 1 saturated heterocycles. The average molecular weight is 416 g/mol. The van der Waals surface area contributed by atoms with Gasteiger partial charge < -0.3 is 19.8 Å². The maximum atomic E-state index is 12.2. The Hall–Kier alpha value is -2.54. The molecule has 29 heavy (non-hydrogen) atoms. The van der Waals surface area contributed by atoms with E-state index in [2.05, 4.69) is 27.7 Å². The van der Waals surface area contributed by atoms with E-state index >= 15 is 0 Å². The number of hydrogen-bond acceptors (Lipinski definition) is 5. The average Bonchev–Trinajstić information content (AvgIpc) is 3.22. The second kappa shape index (κ2) is 10.3. The van der Waals surface area contributed by atoms with Gasteiger partial charge in [-0.05, 0) is 35.0 Å². The SMILES string of the molecule is Cl.O=C(NCCN1CCNCC1)c1ccc(COc2ccc3ccccc3c2)o1. The van der Waals surface area contributed by atoms with E-state index in [1.165, 1.54) is 5.39 Å². The molecule has 0 spiro atoms. The largest absolute Gasteiger partial charge is 0.486 e. The smallest absolute Gasteiger partial charge is 0.287 e. The highest BCUT2D eigenvalue weighted by molar-refractivity contribution is 5.91. The first-order valence-electron chi connectivity index (χ1n) is 9.69. The van der Waals surface area contributed by atoms with E-state index in [4.69, 9.17) is 9.15 Å². The van der Waals surface area contributed by atoms with E-state index in [0.717, 1.165) is 43.9 Å². The molecule has 4 rings (SSSR count). The van der Waals surface area contributed by atoms with Crippen molar-refractivity contribution in [3.8, 4) is 5.75 Å². The molecule has 2 aromatic carbocycles. The molecule has 6 nitrogen and oxygen atoms in total. The lowest BCUT2D eigenvalue weighted by Gasteiger charge is -2.26. The fraction of sp³-hybridized carbons (Fsp3) is 0.318. The van der Waals surface area contributed by atoms with Crippen LogP contribution in [-0.2, 0) is 6.61 Å². The number of nitrogens with one attached hydrogen (secondary N) is 2. The maximum absolute atomic E-state index is 12.2. The van der Waals surface area contributed by atoms with Crippen molar-refractivity contribution in [3.63, 3.8) is 0 Å². The van der Waals surface area contributed by atoms with Crippen molar-refractivity contribution in [2.45, 2.75) is 6.61 Å². The van der Waals surface area contributed by atoms with Crippen LogP contribution in [0.15, 0.2) is 59.0 Å². The molecule has 0 bridgehead atoms. The number of nitrogens with zero attached hydrogens (tertiary/aromatic N) is 1. The fourth-order valence-corrected chi connectivity index (χ4v) is 3.34. The summed E-state index contributed by atoms with van der Waals surface area (Å²) < 4.78 is 11.5. The summed E-state index contributed by atoms with van der Waals surface area (Å²) in [5, 5.41) is 8.54. The Kier molecular flexibility index (Phi) is 7.52. The van der Waals surface area contributed by atoms with Gasteiger partial charge in [-0.2, -0.15) is 0 Å². The number of ether oxygens (including phenoxy) is 1. The van der Waals surface area contributed by atoms with Gasteiger partial charge in [-0.25, -0.2) is 0 Å². The second-order valence-electron chi connectivity index (χ2n) is 6.91. The number of carbonyl (C=O) groups excluding carboxylic acids is 1. The summed E-state index contributed by atoms with van der Waals surface area (Å²) in [4.78, 5) is 14.6. The number of furan rings is 1. The molecule has 1 aliphatic rings. The van der Waals surface area contributed by atoms with Crippen LogP contribution in [0, 0.1) is 0 Å². The Bertz CT molecular complexity index is 938. The van der Waals surface area contributed by atoms with Crippen LogP contribution in [0.3, 0.4) is 0 Å². The number of benzene rings is 2. The standard InChI is InChI=1S/C22H25N3O3.ClH/c26-22(24-11-14-25-12-9-23-10-13-25)21-8-7-20(28-21)16-27-19-6-5-17-3-1-2-4-18(17)15-19;/h1-8,15,23H,9-14,16H2,(H,24,26);1H. The van der Waals surface area contributed by atoms with Crippen LogP contribution in [0.25, 0.3) is 10.8 Å². The molecule has 0 aliphatic carbocycles. The van der Waals surface area contributed by atoms with Gasteiger partial charge in [-0.15, -0.1) is 12.4 Å². The lowest BCUT2D eigenvalue weighted by atomic mass is 10.1. The number of hydrogen-bond donors (Lipinski definition) is 2. The van der Waals surface area contributed by atoms with Gasteiger partial charge in [0.2, 0.25) is 0 Å². The van der Waals surface area contributed by atoms with Crippen molar-refractivity contribution < 1.29 is 13.9 Å². The van der Waals surface area contributed by atoms with E-state index in [9.17, 15) is 4.79 Å². The lowest BCUT2D eigenvalue weighted by molar-refractivity contribution is 0.0915. The Labute approximate surface area is 176 Å². The highest BCUT2D eigenvalue weighted by atomic mass is 35.5. The minimum atomic E-state index is -0.188. The fourth-order valence-electron chi connectivity index (χ4n) is 3.34. The lowest BCUT2D eigenvalue weighted by Crippen LogP contribution is -2.46. The quantitative estimate of drug-likeness (QED) is 0.620. The topological polar surface area (TPSA) is 66.7 Å². The van der Waals surface area contributed by atoms with Crippen molar-refractivity contribution in [2.24, 2.45) is 0 Å². The first-order valence-corrected chi connectivity index (χ1v) is 9.69. The molecular formula is C22H26ClN3O3. The van der Waals surface area contributed by atoms with Gasteiger partial charge in [-0.3, -0.25) is 9.69 Å². The molecule has 2 N–H and O–H groups in total. The van der Waals surface area contributed by atoms with Gasteiger partial charge in [0.1, 0.15) is 18.1 Å². The molecule has 0 unspecified atom stereocenters. The minimum Gasteiger partial charge on any atom is -0.486 e. The summed E-state index contributed by atoms with van der Waals surface area (Å²) >= 11 is 0. The van der Waals surface area contributed by atoms with E-state index < -0.39 is 0 Å². The van der Waals surface area contributed by atoms with E-state index in [0.29, 0.717) is 18.1 Å². The van der Waals surface area contributed by atoms with Crippen molar-refractivity contribution in [3.05, 3.63) is 66.1 Å². The van der Waals surface area contributed by atoms with Crippen LogP contribution in [0.2, 0.25) is 0 Å². The first-order chi connectivity index (χ1) is 13.8. The van der Waals surface area contributed by atoms with E-state index in [-0.39, 0.29) is 24.9 Å². The number of carbonyl (C=O) groups is 1. The van der Waals surface area contributed by atoms with Crippen molar-refractivity contribution in [1.29, 1.82) is 0 Å². The third-order valence-electron chi connectivity index (χ3n) is 4.91. The molecule has 154 valence electrons. The normalized spacial score (nSPS) is 14.3. The van der Waals surface area contributed by atoms with Gasteiger partial charge in [0.05, 0.1) is 0 Å².